The van der Waals surface area contributed by atoms with E-state index in [0.717, 1.165) is 6.07 Å². The lowest BCUT2D eigenvalue weighted by Crippen LogP contribution is -2.25. The topological polar surface area (TPSA) is 88.3 Å². The summed E-state index contributed by atoms with van der Waals surface area (Å²) in [6, 6.07) is 1.14. The van der Waals surface area contributed by atoms with Crippen molar-refractivity contribution in [3.8, 4) is 5.75 Å². The van der Waals surface area contributed by atoms with Gasteiger partial charge in [-0.25, -0.2) is 0 Å². The van der Waals surface area contributed by atoms with Gasteiger partial charge in [-0.15, -0.1) is 13.2 Å². The molecule has 0 unspecified atom stereocenters. The highest BCUT2D eigenvalue weighted by molar-refractivity contribution is 5.32. The molecule has 8 heteroatoms. The molecule has 0 atom stereocenters. The number of aliphatic hydroxyl groups excluding tert-OH is 1. The van der Waals surface area contributed by atoms with Gasteiger partial charge >= 0.3 is 6.36 Å². The highest BCUT2D eigenvalue weighted by atomic mass is 19.4. The van der Waals surface area contributed by atoms with Gasteiger partial charge in [-0.05, 0) is 6.07 Å². The van der Waals surface area contributed by atoms with Crippen LogP contribution in [-0.4, -0.2) is 16.5 Å². The molecule has 0 saturated heterocycles. The van der Waals surface area contributed by atoms with Gasteiger partial charge in [0.1, 0.15) is 0 Å². The summed E-state index contributed by atoms with van der Waals surface area (Å²) >= 11 is 0. The second kappa shape index (κ2) is 4.54. The van der Waals surface area contributed by atoms with Crippen LogP contribution in [0.15, 0.2) is 10.9 Å². The molecule has 0 aliphatic rings. The van der Waals surface area contributed by atoms with Crippen molar-refractivity contribution in [1.29, 1.82) is 0 Å². The predicted octanol–water partition coefficient (Wildman–Crippen LogP) is 0.225. The standard InChI is InChI=1S/C8H9F3N2O3/c9-8(10,11)16-6-4(2-12)1-5(3-14)13-7(6)15/h1,14H,2-3,12H2,(H,13,15). The zero-order chi connectivity index (χ0) is 12.3. The molecule has 1 aromatic rings. The molecule has 16 heavy (non-hydrogen) atoms. The van der Waals surface area contributed by atoms with Crippen molar-refractivity contribution >= 4 is 0 Å². The lowest BCUT2D eigenvalue weighted by molar-refractivity contribution is -0.275. The summed E-state index contributed by atoms with van der Waals surface area (Å²) in [7, 11) is 0. The maximum Gasteiger partial charge on any atom is 0.573 e. The van der Waals surface area contributed by atoms with Gasteiger partial charge in [0.05, 0.1) is 6.61 Å². The fourth-order valence-corrected chi connectivity index (χ4v) is 1.12. The van der Waals surface area contributed by atoms with E-state index in [0.29, 0.717) is 0 Å². The SMILES string of the molecule is NCc1cc(CO)[nH]c(=O)c1OC(F)(F)F. The number of aromatic amines is 1. The molecular weight excluding hydrogens is 229 g/mol. The van der Waals surface area contributed by atoms with Gasteiger partial charge in [0.15, 0.2) is 5.75 Å². The minimum Gasteiger partial charge on any atom is -0.400 e. The molecular formula is C8H9F3N2O3. The summed E-state index contributed by atoms with van der Waals surface area (Å²) < 4.78 is 39.4. The molecule has 0 aliphatic carbocycles. The third kappa shape index (κ3) is 2.97. The summed E-state index contributed by atoms with van der Waals surface area (Å²) in [6.07, 6.45) is -4.96. The number of nitrogens with one attached hydrogen (secondary N) is 1. The first-order valence-electron chi connectivity index (χ1n) is 4.19. The Morgan fingerprint density at radius 2 is 2.12 bits per heavy atom. The van der Waals surface area contributed by atoms with Crippen molar-refractivity contribution in [3.63, 3.8) is 0 Å². The minimum absolute atomic E-state index is 0.0694. The third-order valence-corrected chi connectivity index (χ3v) is 1.73. The van der Waals surface area contributed by atoms with Crippen LogP contribution in [0.3, 0.4) is 0 Å². The molecule has 0 fully saturated rings. The number of aromatic nitrogens is 1. The van der Waals surface area contributed by atoms with E-state index in [2.05, 4.69) is 4.74 Å². The average Bonchev–Trinajstić information content (AvgIpc) is 2.19. The monoisotopic (exact) mass is 238 g/mol. The lowest BCUT2D eigenvalue weighted by atomic mass is 10.2. The van der Waals surface area contributed by atoms with Gasteiger partial charge in [-0.2, -0.15) is 0 Å². The molecule has 1 rings (SSSR count). The predicted molar refractivity (Wildman–Crippen MR) is 47.6 cm³/mol. The second-order valence-electron chi connectivity index (χ2n) is 2.89. The Morgan fingerprint density at radius 1 is 1.50 bits per heavy atom. The van der Waals surface area contributed by atoms with E-state index in [4.69, 9.17) is 10.8 Å². The average molecular weight is 238 g/mol. The number of rotatable bonds is 3. The molecule has 90 valence electrons. The number of alkyl halides is 3. The molecule has 1 aromatic heterocycles. The van der Waals surface area contributed by atoms with Gasteiger partial charge < -0.3 is 20.6 Å². The third-order valence-electron chi connectivity index (χ3n) is 1.73. The van der Waals surface area contributed by atoms with Crippen molar-refractivity contribution in [2.75, 3.05) is 0 Å². The number of hydrogen-bond donors (Lipinski definition) is 3. The molecule has 0 spiro atoms. The molecule has 0 aromatic carbocycles. The fraction of sp³-hybridized carbons (Fsp3) is 0.375. The number of hydrogen-bond acceptors (Lipinski definition) is 4. The Bertz CT molecular complexity index is 428. The number of ether oxygens (including phenoxy) is 1. The van der Waals surface area contributed by atoms with E-state index < -0.39 is 24.3 Å². The molecule has 0 amide bonds. The van der Waals surface area contributed by atoms with Crippen LogP contribution in [0.1, 0.15) is 11.3 Å². The molecule has 0 saturated carbocycles. The van der Waals surface area contributed by atoms with Gasteiger partial charge in [0, 0.05) is 17.8 Å². The normalized spacial score (nSPS) is 11.6. The number of H-pyrrole nitrogens is 1. The summed E-state index contributed by atoms with van der Waals surface area (Å²) in [5, 5.41) is 8.73. The first kappa shape index (κ1) is 12.5. The molecule has 0 aliphatic heterocycles. The first-order valence-corrected chi connectivity index (χ1v) is 4.19. The number of halogens is 3. The van der Waals surface area contributed by atoms with Crippen molar-refractivity contribution in [2.24, 2.45) is 5.73 Å². The van der Waals surface area contributed by atoms with E-state index in [9.17, 15) is 18.0 Å². The van der Waals surface area contributed by atoms with Crippen molar-refractivity contribution < 1.29 is 23.0 Å². The van der Waals surface area contributed by atoms with E-state index in [1.807, 2.05) is 4.98 Å². The molecule has 4 N–H and O–H groups in total. The number of aliphatic hydroxyl groups is 1. The lowest BCUT2D eigenvalue weighted by Gasteiger charge is -2.12. The number of nitrogens with two attached hydrogens (primary N) is 1. The Kier molecular flexibility index (Phi) is 3.55. The van der Waals surface area contributed by atoms with E-state index in [1.165, 1.54) is 0 Å². The van der Waals surface area contributed by atoms with Crippen LogP contribution in [0.2, 0.25) is 0 Å². The van der Waals surface area contributed by atoms with E-state index >= 15 is 0 Å². The first-order chi connectivity index (χ1) is 7.37. The van der Waals surface area contributed by atoms with Gasteiger partial charge in [-0.3, -0.25) is 4.79 Å². The van der Waals surface area contributed by atoms with E-state index in [1.54, 1.807) is 0 Å². The van der Waals surface area contributed by atoms with Gasteiger partial charge in [0.2, 0.25) is 0 Å². The Balaban J connectivity index is 3.22. The van der Waals surface area contributed by atoms with Gasteiger partial charge in [-0.1, -0.05) is 0 Å². The van der Waals surface area contributed by atoms with Crippen molar-refractivity contribution in [2.45, 2.75) is 19.5 Å². The number of pyridine rings is 1. The summed E-state index contributed by atoms with van der Waals surface area (Å²) in [6.45, 7) is -0.809. The van der Waals surface area contributed by atoms with Crippen LogP contribution >= 0.6 is 0 Å². The van der Waals surface area contributed by atoms with Crippen LogP contribution in [0, 0.1) is 0 Å². The fourth-order valence-electron chi connectivity index (χ4n) is 1.12. The summed E-state index contributed by atoms with van der Waals surface area (Å²) in [5.41, 5.74) is 4.05. The zero-order valence-corrected chi connectivity index (χ0v) is 7.97. The van der Waals surface area contributed by atoms with Gasteiger partial charge in [0.25, 0.3) is 5.56 Å². The maximum absolute atomic E-state index is 12.0. The zero-order valence-electron chi connectivity index (χ0n) is 7.97. The van der Waals surface area contributed by atoms with Crippen LogP contribution in [0.5, 0.6) is 5.75 Å². The van der Waals surface area contributed by atoms with Crippen LogP contribution in [-0.2, 0) is 13.2 Å². The summed E-state index contributed by atoms with van der Waals surface area (Å²) in [5.74, 6) is -0.896. The Labute approximate surface area is 87.7 Å². The maximum atomic E-state index is 12.0. The van der Waals surface area contributed by atoms with E-state index in [-0.39, 0.29) is 17.8 Å². The van der Waals surface area contributed by atoms with Crippen LogP contribution in [0.4, 0.5) is 13.2 Å². The minimum atomic E-state index is -4.96. The van der Waals surface area contributed by atoms with Crippen LogP contribution < -0.4 is 16.0 Å². The smallest absolute Gasteiger partial charge is 0.400 e. The molecule has 0 radical (unpaired) electrons. The molecule has 5 nitrogen and oxygen atoms in total. The quantitative estimate of drug-likeness (QED) is 0.703. The van der Waals surface area contributed by atoms with Crippen LogP contribution in [0.25, 0.3) is 0 Å². The summed E-state index contributed by atoms with van der Waals surface area (Å²) in [4.78, 5) is 13.2. The highest BCUT2D eigenvalue weighted by Crippen LogP contribution is 2.22. The largest absolute Gasteiger partial charge is 0.573 e. The van der Waals surface area contributed by atoms with Crippen molar-refractivity contribution in [3.05, 3.63) is 27.7 Å². The molecule has 1 heterocycles. The Morgan fingerprint density at radius 3 is 2.56 bits per heavy atom. The Hall–Kier alpha value is -1.54. The second-order valence-corrected chi connectivity index (χ2v) is 2.89. The molecule has 0 bridgehead atoms. The highest BCUT2D eigenvalue weighted by Gasteiger charge is 2.33. The van der Waals surface area contributed by atoms with Crippen molar-refractivity contribution in [1.82, 2.24) is 4.98 Å².